The first-order valence-corrected chi connectivity index (χ1v) is 6.02. The third-order valence-electron chi connectivity index (χ3n) is 2.77. The molecule has 0 spiro atoms. The molecule has 1 fully saturated rings. The second-order valence-corrected chi connectivity index (χ2v) is 4.48. The molecule has 8 heteroatoms. The van der Waals surface area contributed by atoms with E-state index >= 15 is 0 Å². The summed E-state index contributed by atoms with van der Waals surface area (Å²) in [4.78, 5) is 33.3. The van der Waals surface area contributed by atoms with Crippen molar-refractivity contribution in [1.82, 2.24) is 10.6 Å². The van der Waals surface area contributed by atoms with Crippen LogP contribution in [-0.2, 0) is 4.79 Å². The highest BCUT2D eigenvalue weighted by molar-refractivity contribution is 6.00. The number of hydrogen-bond acceptors (Lipinski definition) is 5. The minimum absolute atomic E-state index is 0.175. The highest BCUT2D eigenvalue weighted by atomic mass is 16.6. The minimum atomic E-state index is -0.779. The molecule has 1 aliphatic carbocycles. The summed E-state index contributed by atoms with van der Waals surface area (Å²) < 4.78 is 0. The molecule has 0 atom stereocenters. The van der Waals surface area contributed by atoms with E-state index in [0.29, 0.717) is 0 Å². The number of aromatic hydroxyl groups is 1. The van der Waals surface area contributed by atoms with Gasteiger partial charge in [0.2, 0.25) is 5.91 Å². The van der Waals surface area contributed by atoms with Crippen molar-refractivity contribution in [3.8, 4) is 5.75 Å². The van der Waals surface area contributed by atoms with Gasteiger partial charge in [0.15, 0.2) is 0 Å². The number of hydrogen-bond donors (Lipinski definition) is 3. The van der Waals surface area contributed by atoms with Gasteiger partial charge in [-0.2, -0.15) is 0 Å². The van der Waals surface area contributed by atoms with Crippen LogP contribution in [0.2, 0.25) is 0 Å². The molecular formula is C12H13N3O5. The first kappa shape index (κ1) is 13.8. The lowest BCUT2D eigenvalue weighted by molar-refractivity contribution is -0.385. The number of phenols is 1. The van der Waals surface area contributed by atoms with Crippen LogP contribution in [0.25, 0.3) is 0 Å². The van der Waals surface area contributed by atoms with E-state index in [1.165, 1.54) is 0 Å². The van der Waals surface area contributed by atoms with Crippen molar-refractivity contribution in [1.29, 1.82) is 0 Å². The van der Waals surface area contributed by atoms with Gasteiger partial charge in [0.1, 0.15) is 11.3 Å². The maximum atomic E-state index is 11.8. The zero-order valence-electron chi connectivity index (χ0n) is 10.5. The van der Waals surface area contributed by atoms with Crippen molar-refractivity contribution >= 4 is 17.5 Å². The Labute approximate surface area is 113 Å². The van der Waals surface area contributed by atoms with Crippen molar-refractivity contribution in [3.63, 3.8) is 0 Å². The Hall–Kier alpha value is -2.64. The average molecular weight is 279 g/mol. The van der Waals surface area contributed by atoms with Crippen LogP contribution in [0.4, 0.5) is 5.69 Å². The molecule has 0 radical (unpaired) electrons. The summed E-state index contributed by atoms with van der Waals surface area (Å²) in [7, 11) is 0. The van der Waals surface area contributed by atoms with E-state index < -0.39 is 16.5 Å². The van der Waals surface area contributed by atoms with E-state index in [9.17, 15) is 24.8 Å². The quantitative estimate of drug-likeness (QED) is 0.529. The fraction of sp³-hybridized carbons (Fsp3) is 0.333. The molecule has 0 aromatic heterocycles. The van der Waals surface area contributed by atoms with E-state index in [1.54, 1.807) is 0 Å². The first-order chi connectivity index (χ1) is 9.47. The Bertz CT molecular complexity index is 568. The lowest BCUT2D eigenvalue weighted by atomic mass is 10.1. The van der Waals surface area contributed by atoms with Crippen molar-refractivity contribution in [2.24, 2.45) is 0 Å². The van der Waals surface area contributed by atoms with Gasteiger partial charge in [-0.15, -0.1) is 0 Å². The lowest BCUT2D eigenvalue weighted by Gasteiger charge is -2.06. The molecule has 1 aromatic carbocycles. The van der Waals surface area contributed by atoms with E-state index in [-0.39, 0.29) is 29.8 Å². The number of nitro benzene ring substituents is 1. The summed E-state index contributed by atoms with van der Waals surface area (Å²) in [6.45, 7) is -0.262. The Morgan fingerprint density at radius 3 is 2.70 bits per heavy atom. The van der Waals surface area contributed by atoms with Gasteiger partial charge in [0, 0.05) is 12.1 Å². The summed E-state index contributed by atoms with van der Waals surface area (Å²) >= 11 is 0. The number of rotatable bonds is 5. The summed E-state index contributed by atoms with van der Waals surface area (Å²) in [5.41, 5.74) is -0.711. The number of carbonyl (C=O) groups excluding carboxylic acids is 2. The number of phenolic OH excluding ortho intramolecular Hbond substituents is 1. The van der Waals surface area contributed by atoms with Crippen LogP contribution in [0.1, 0.15) is 23.2 Å². The molecule has 1 saturated carbocycles. The van der Waals surface area contributed by atoms with Crippen LogP contribution < -0.4 is 10.6 Å². The van der Waals surface area contributed by atoms with E-state index in [0.717, 1.165) is 31.0 Å². The molecule has 0 aliphatic heterocycles. The third kappa shape index (κ3) is 3.44. The predicted molar refractivity (Wildman–Crippen MR) is 68.3 cm³/mol. The first-order valence-electron chi connectivity index (χ1n) is 6.02. The highest BCUT2D eigenvalue weighted by Gasteiger charge is 2.24. The molecule has 1 aromatic rings. The van der Waals surface area contributed by atoms with Gasteiger partial charge in [-0.3, -0.25) is 19.7 Å². The number of nitrogens with one attached hydrogen (secondary N) is 2. The van der Waals surface area contributed by atoms with Gasteiger partial charge in [-0.25, -0.2) is 0 Å². The van der Waals surface area contributed by atoms with Crippen molar-refractivity contribution in [2.75, 3.05) is 6.54 Å². The standard InChI is InChI=1S/C12H13N3O5/c16-8-3-4-10(15(19)20)9(5-8)12(18)13-6-11(17)14-7-1-2-7/h3-5,7,16H,1-2,6H2,(H,13,18)(H,14,17). The summed E-state index contributed by atoms with van der Waals surface area (Å²) in [5.74, 6) is -1.38. The molecule has 2 amide bonds. The normalized spacial score (nSPS) is 13.6. The number of carbonyl (C=O) groups is 2. The van der Waals surface area contributed by atoms with Gasteiger partial charge < -0.3 is 15.7 Å². The van der Waals surface area contributed by atoms with Crippen molar-refractivity contribution < 1.29 is 19.6 Å². The fourth-order valence-electron chi connectivity index (χ4n) is 1.63. The zero-order chi connectivity index (χ0) is 14.7. The molecule has 0 bridgehead atoms. The van der Waals surface area contributed by atoms with Gasteiger partial charge in [0.05, 0.1) is 11.5 Å². The van der Waals surface area contributed by atoms with Gasteiger partial charge in [-0.05, 0) is 25.0 Å². The Morgan fingerprint density at radius 1 is 1.40 bits per heavy atom. The molecule has 2 rings (SSSR count). The molecule has 20 heavy (non-hydrogen) atoms. The third-order valence-corrected chi connectivity index (χ3v) is 2.77. The summed E-state index contributed by atoms with van der Waals surface area (Å²) in [5, 5.41) is 25.0. The zero-order valence-corrected chi connectivity index (χ0v) is 10.5. The molecule has 3 N–H and O–H groups in total. The second kappa shape index (κ2) is 5.55. The number of amides is 2. The van der Waals surface area contributed by atoms with E-state index in [4.69, 9.17) is 0 Å². The fourth-order valence-corrected chi connectivity index (χ4v) is 1.63. The topological polar surface area (TPSA) is 122 Å². The lowest BCUT2D eigenvalue weighted by Crippen LogP contribution is -2.38. The van der Waals surface area contributed by atoms with Crippen LogP contribution in [0.3, 0.4) is 0 Å². The molecular weight excluding hydrogens is 266 g/mol. The van der Waals surface area contributed by atoms with Crippen molar-refractivity contribution in [3.05, 3.63) is 33.9 Å². The Kier molecular flexibility index (Phi) is 3.83. The molecule has 0 saturated heterocycles. The highest BCUT2D eigenvalue weighted by Crippen LogP contribution is 2.23. The average Bonchev–Trinajstić information content (AvgIpc) is 3.19. The summed E-state index contributed by atoms with van der Waals surface area (Å²) in [6.07, 6.45) is 1.86. The molecule has 0 unspecified atom stereocenters. The molecule has 0 heterocycles. The molecule has 1 aliphatic rings. The summed E-state index contributed by atoms with van der Waals surface area (Å²) in [6, 6.07) is 3.32. The van der Waals surface area contributed by atoms with E-state index in [2.05, 4.69) is 10.6 Å². The van der Waals surface area contributed by atoms with Crippen molar-refractivity contribution in [2.45, 2.75) is 18.9 Å². The van der Waals surface area contributed by atoms with Gasteiger partial charge in [-0.1, -0.05) is 0 Å². The maximum absolute atomic E-state index is 11.8. The van der Waals surface area contributed by atoms with Gasteiger partial charge >= 0.3 is 0 Å². The van der Waals surface area contributed by atoms with Crippen LogP contribution in [-0.4, -0.2) is 34.4 Å². The minimum Gasteiger partial charge on any atom is -0.508 e. The van der Waals surface area contributed by atoms with E-state index in [1.807, 2.05) is 0 Å². The monoisotopic (exact) mass is 279 g/mol. The Morgan fingerprint density at radius 2 is 2.10 bits per heavy atom. The van der Waals surface area contributed by atoms with Crippen LogP contribution in [0.15, 0.2) is 18.2 Å². The largest absolute Gasteiger partial charge is 0.508 e. The van der Waals surface area contributed by atoms with Crippen LogP contribution in [0, 0.1) is 10.1 Å². The maximum Gasteiger partial charge on any atom is 0.282 e. The second-order valence-electron chi connectivity index (χ2n) is 4.48. The van der Waals surface area contributed by atoms with Gasteiger partial charge in [0.25, 0.3) is 11.6 Å². The predicted octanol–water partition coefficient (Wildman–Crippen LogP) is 0.309. The number of nitrogens with zero attached hydrogens (tertiary/aromatic N) is 1. The van der Waals surface area contributed by atoms with Crippen LogP contribution in [0.5, 0.6) is 5.75 Å². The molecule has 8 nitrogen and oxygen atoms in total. The number of benzene rings is 1. The van der Waals surface area contributed by atoms with Crippen LogP contribution >= 0.6 is 0 Å². The SMILES string of the molecule is O=C(CNC(=O)c1cc(O)ccc1[N+](=O)[O-])NC1CC1. The molecule has 106 valence electrons. The Balaban J connectivity index is 2.02. The smallest absolute Gasteiger partial charge is 0.282 e. The number of nitro groups is 1.